The summed E-state index contributed by atoms with van der Waals surface area (Å²) in [5.41, 5.74) is 4.15. The molecule has 1 unspecified atom stereocenters. The average molecular weight is 470 g/mol. The zero-order valence-electron chi connectivity index (χ0n) is 20.5. The van der Waals surface area contributed by atoms with Gasteiger partial charge in [0.15, 0.2) is 5.82 Å². The van der Waals surface area contributed by atoms with E-state index in [0.717, 1.165) is 72.8 Å². The van der Waals surface area contributed by atoms with E-state index in [4.69, 9.17) is 14.6 Å². The molecule has 7 heteroatoms. The smallest absolute Gasteiger partial charge is 0.233 e. The maximum absolute atomic E-state index is 9.76. The number of benzene rings is 2. The number of aliphatic hydroxyl groups excluding tert-OH is 1. The molecule has 180 valence electrons. The van der Waals surface area contributed by atoms with Crippen LogP contribution in [0.15, 0.2) is 53.1 Å². The van der Waals surface area contributed by atoms with Crippen molar-refractivity contribution >= 4 is 0 Å². The van der Waals surface area contributed by atoms with Gasteiger partial charge in [0, 0.05) is 29.0 Å². The van der Waals surface area contributed by atoms with Gasteiger partial charge in [-0.05, 0) is 63.5 Å². The molecule has 35 heavy (non-hydrogen) atoms. The molecule has 2 heterocycles. The fraction of sp³-hybridized carbons (Fsp3) is 0.429. The quantitative estimate of drug-likeness (QED) is 0.419. The van der Waals surface area contributed by atoms with Gasteiger partial charge < -0.3 is 14.2 Å². The molecule has 4 aromatic rings. The third-order valence-electron chi connectivity index (χ3n) is 8.51. The highest BCUT2D eigenvalue weighted by molar-refractivity contribution is 5.60. The van der Waals surface area contributed by atoms with Crippen molar-refractivity contribution in [3.63, 3.8) is 0 Å². The highest BCUT2D eigenvalue weighted by atomic mass is 16.5. The number of aliphatic hydroxyl groups is 1. The fourth-order valence-corrected chi connectivity index (χ4v) is 6.16. The van der Waals surface area contributed by atoms with Gasteiger partial charge in [0.05, 0.1) is 6.10 Å². The molecule has 7 rings (SSSR count). The minimum atomic E-state index is -0.491. The first kappa shape index (κ1) is 22.2. The van der Waals surface area contributed by atoms with E-state index in [1.54, 1.807) is 6.92 Å². The maximum atomic E-state index is 9.76. The first-order valence-corrected chi connectivity index (χ1v) is 12.5. The van der Waals surface area contributed by atoms with Crippen molar-refractivity contribution < 1.29 is 9.63 Å². The molecule has 1 N–H and O–H groups in total. The number of nitrogens with zero attached hydrogens (tertiary/aromatic N) is 5. The van der Waals surface area contributed by atoms with Crippen LogP contribution in [0.2, 0.25) is 0 Å². The van der Waals surface area contributed by atoms with Gasteiger partial charge in [-0.2, -0.15) is 4.98 Å². The average Bonchev–Trinajstić information content (AvgIpc) is 3.54. The molecule has 0 amide bonds. The summed E-state index contributed by atoms with van der Waals surface area (Å²) in [4.78, 5) is 4.84. The van der Waals surface area contributed by atoms with E-state index in [-0.39, 0.29) is 10.8 Å². The topological polar surface area (TPSA) is 89.9 Å². The molecule has 3 fully saturated rings. The summed E-state index contributed by atoms with van der Waals surface area (Å²) in [6.07, 6.45) is 5.71. The summed E-state index contributed by atoms with van der Waals surface area (Å²) in [6, 6.07) is 16.1. The van der Waals surface area contributed by atoms with E-state index < -0.39 is 6.10 Å². The summed E-state index contributed by atoms with van der Waals surface area (Å²) in [5, 5.41) is 23.4. The first-order chi connectivity index (χ1) is 16.9. The van der Waals surface area contributed by atoms with E-state index in [1.807, 2.05) is 24.3 Å². The molecule has 3 aliphatic rings. The van der Waals surface area contributed by atoms with Gasteiger partial charge in [0.25, 0.3) is 0 Å². The molecule has 3 saturated carbocycles. The number of fused-ring (bicyclic) bond motifs is 3. The predicted octanol–water partition coefficient (Wildman–Crippen LogP) is 5.44. The minimum Gasteiger partial charge on any atom is -0.389 e. The van der Waals surface area contributed by atoms with Gasteiger partial charge in [0.1, 0.15) is 5.82 Å². The number of aryl methyl sites for hydroxylation is 1. The lowest BCUT2D eigenvalue weighted by Crippen LogP contribution is -2.47. The second-order valence-corrected chi connectivity index (χ2v) is 10.5. The monoisotopic (exact) mass is 469 g/mol. The summed E-state index contributed by atoms with van der Waals surface area (Å²) in [5.74, 6) is 3.43. The lowest BCUT2D eigenvalue weighted by molar-refractivity contribution is 0.0689. The Morgan fingerprint density at radius 2 is 1.57 bits per heavy atom. The second kappa shape index (κ2) is 8.12. The van der Waals surface area contributed by atoms with E-state index in [0.29, 0.717) is 5.82 Å². The summed E-state index contributed by atoms with van der Waals surface area (Å²) in [7, 11) is 2.11. The van der Waals surface area contributed by atoms with Crippen LogP contribution in [0.3, 0.4) is 0 Å². The Bertz CT molecular complexity index is 1340. The van der Waals surface area contributed by atoms with Crippen molar-refractivity contribution in [2.45, 2.75) is 69.3 Å². The van der Waals surface area contributed by atoms with Crippen molar-refractivity contribution in [1.29, 1.82) is 0 Å². The molecule has 1 atom stereocenters. The van der Waals surface area contributed by atoms with Gasteiger partial charge >= 0.3 is 0 Å². The van der Waals surface area contributed by atoms with Crippen LogP contribution in [0.4, 0.5) is 0 Å². The molecule has 2 bridgehead atoms. The summed E-state index contributed by atoms with van der Waals surface area (Å²) >= 11 is 0. The van der Waals surface area contributed by atoms with Gasteiger partial charge in [0.2, 0.25) is 11.7 Å². The van der Waals surface area contributed by atoms with Crippen LogP contribution in [-0.4, -0.2) is 30.0 Å². The third kappa shape index (κ3) is 3.52. The molecule has 0 spiro atoms. The fourth-order valence-electron chi connectivity index (χ4n) is 6.16. The van der Waals surface area contributed by atoms with E-state index in [9.17, 15) is 5.11 Å². The Hall–Kier alpha value is -3.32. The molecule has 2 aromatic heterocycles. The SMILES string of the molecule is Cc1ccccc1-c1nnc(C23CCC(c4nc(-c5ccc(C(C)O)cc5)no4)(CC2)CC3)n1C. The Balaban J connectivity index is 1.23. The zero-order valence-corrected chi connectivity index (χ0v) is 20.5. The molecule has 2 aromatic carbocycles. The Morgan fingerprint density at radius 1 is 0.914 bits per heavy atom. The van der Waals surface area contributed by atoms with Gasteiger partial charge in [-0.15, -0.1) is 10.2 Å². The van der Waals surface area contributed by atoms with Gasteiger partial charge in [-0.3, -0.25) is 0 Å². The first-order valence-electron chi connectivity index (χ1n) is 12.5. The van der Waals surface area contributed by atoms with Crippen LogP contribution >= 0.6 is 0 Å². The van der Waals surface area contributed by atoms with Crippen molar-refractivity contribution in [1.82, 2.24) is 24.9 Å². The lowest BCUT2D eigenvalue weighted by atomic mass is 9.53. The van der Waals surface area contributed by atoms with Gasteiger partial charge in [-0.25, -0.2) is 0 Å². The number of rotatable bonds is 5. The Kier molecular flexibility index (Phi) is 5.14. The van der Waals surface area contributed by atoms with E-state index in [1.165, 1.54) is 5.56 Å². The zero-order chi connectivity index (χ0) is 24.2. The summed E-state index contributed by atoms with van der Waals surface area (Å²) in [6.45, 7) is 3.88. The minimum absolute atomic E-state index is 0.0516. The molecule has 0 aliphatic heterocycles. The number of hydrogen-bond acceptors (Lipinski definition) is 6. The third-order valence-corrected chi connectivity index (χ3v) is 8.51. The molecule has 0 radical (unpaired) electrons. The van der Waals surface area contributed by atoms with Gasteiger partial charge in [-0.1, -0.05) is 53.7 Å². The van der Waals surface area contributed by atoms with Crippen LogP contribution in [0.1, 0.15) is 74.4 Å². The lowest BCUT2D eigenvalue weighted by Gasteiger charge is -2.51. The standard InChI is InChI=1S/C28H31N5O2/c1-18-6-4-5-7-22(18)24-30-31-25(33(24)3)27-12-15-28(16-13-27,17-14-27)26-29-23(32-35-26)21-10-8-20(9-11-21)19(2)34/h4-11,19,34H,12-17H2,1-3H3. The molecule has 3 aliphatic carbocycles. The largest absolute Gasteiger partial charge is 0.389 e. The molecular weight excluding hydrogens is 438 g/mol. The van der Waals surface area contributed by atoms with E-state index in [2.05, 4.69) is 53.1 Å². The Labute approximate surface area is 205 Å². The normalized spacial score (nSPS) is 24.6. The predicted molar refractivity (Wildman–Crippen MR) is 133 cm³/mol. The highest BCUT2D eigenvalue weighted by Gasteiger charge is 2.54. The van der Waals surface area contributed by atoms with Crippen LogP contribution in [0.25, 0.3) is 22.8 Å². The molecular formula is C28H31N5O2. The van der Waals surface area contributed by atoms with Crippen molar-refractivity contribution in [3.05, 3.63) is 71.4 Å². The second-order valence-electron chi connectivity index (χ2n) is 10.5. The molecule has 7 nitrogen and oxygen atoms in total. The number of aromatic nitrogens is 5. The van der Waals surface area contributed by atoms with Crippen LogP contribution in [0.5, 0.6) is 0 Å². The van der Waals surface area contributed by atoms with Crippen molar-refractivity contribution in [3.8, 4) is 22.8 Å². The Morgan fingerprint density at radius 3 is 2.23 bits per heavy atom. The summed E-state index contributed by atoms with van der Waals surface area (Å²) < 4.78 is 8.06. The number of hydrogen-bond donors (Lipinski definition) is 1. The van der Waals surface area contributed by atoms with Crippen LogP contribution in [0, 0.1) is 6.92 Å². The van der Waals surface area contributed by atoms with Crippen LogP contribution in [-0.2, 0) is 17.9 Å². The van der Waals surface area contributed by atoms with E-state index >= 15 is 0 Å². The van der Waals surface area contributed by atoms with Crippen molar-refractivity contribution in [2.75, 3.05) is 0 Å². The molecule has 0 saturated heterocycles. The van der Waals surface area contributed by atoms with Crippen LogP contribution < -0.4 is 0 Å². The van der Waals surface area contributed by atoms with Crippen molar-refractivity contribution in [2.24, 2.45) is 7.05 Å². The maximum Gasteiger partial charge on any atom is 0.233 e. The highest BCUT2D eigenvalue weighted by Crippen LogP contribution is 2.58.